The number of hydrogen-bond acceptors (Lipinski definition) is 4. The van der Waals surface area contributed by atoms with Crippen molar-refractivity contribution in [2.24, 2.45) is 0 Å². The van der Waals surface area contributed by atoms with E-state index in [1.54, 1.807) is 25.3 Å². The van der Waals surface area contributed by atoms with Crippen molar-refractivity contribution in [1.82, 2.24) is 5.32 Å². The molecule has 1 heterocycles. The molecule has 0 bridgehead atoms. The molecule has 0 aliphatic carbocycles. The van der Waals surface area contributed by atoms with E-state index >= 15 is 0 Å². The summed E-state index contributed by atoms with van der Waals surface area (Å²) in [6, 6.07) is 4.78. The lowest BCUT2D eigenvalue weighted by Crippen LogP contribution is -2.19. The second-order valence-electron chi connectivity index (χ2n) is 3.92. The minimum atomic E-state index is -1.01. The van der Waals surface area contributed by atoms with Crippen LogP contribution in [0.1, 0.15) is 26.3 Å². The van der Waals surface area contributed by atoms with Crippen LogP contribution in [-0.2, 0) is 0 Å². The Hall–Kier alpha value is -1.75. The molecule has 5 heteroatoms. The van der Waals surface area contributed by atoms with E-state index in [1.807, 2.05) is 0 Å². The molecule has 0 atom stereocenters. The fourth-order valence-corrected chi connectivity index (χ4v) is 2.65. The highest BCUT2D eigenvalue weighted by Gasteiger charge is 2.19. The third kappa shape index (κ3) is 2.41. The molecule has 0 saturated heterocycles. The number of carboxylic acids is 1. The van der Waals surface area contributed by atoms with Crippen LogP contribution in [0.3, 0.4) is 0 Å². The molecule has 0 radical (unpaired) electrons. The van der Waals surface area contributed by atoms with Gasteiger partial charge < -0.3 is 10.4 Å². The molecule has 1 aliphatic rings. The third-order valence-corrected chi connectivity index (χ3v) is 3.79. The van der Waals surface area contributed by atoms with Crippen molar-refractivity contribution in [3.63, 3.8) is 0 Å². The Morgan fingerprint density at radius 3 is 2.67 bits per heavy atom. The first kappa shape index (κ1) is 12.7. The normalized spacial score (nSPS) is 14.6. The first-order valence-electron chi connectivity index (χ1n) is 5.55. The summed E-state index contributed by atoms with van der Waals surface area (Å²) in [6.07, 6.45) is 1.70. The highest BCUT2D eigenvalue weighted by Crippen LogP contribution is 2.25. The van der Waals surface area contributed by atoms with E-state index in [-0.39, 0.29) is 11.3 Å². The number of thioether (sulfide) groups is 1. The van der Waals surface area contributed by atoms with Gasteiger partial charge in [-0.25, -0.2) is 4.79 Å². The van der Waals surface area contributed by atoms with Gasteiger partial charge in [-0.2, -0.15) is 0 Å². The molecule has 0 aromatic heterocycles. The summed E-state index contributed by atoms with van der Waals surface area (Å²) in [5, 5.41) is 12.1. The van der Waals surface area contributed by atoms with Crippen molar-refractivity contribution >= 4 is 23.5 Å². The summed E-state index contributed by atoms with van der Waals surface area (Å²) in [5.74, 6) is -0.284. The van der Waals surface area contributed by atoms with E-state index in [4.69, 9.17) is 5.11 Å². The molecule has 18 heavy (non-hydrogen) atoms. The van der Waals surface area contributed by atoms with Gasteiger partial charge in [0.15, 0.2) is 0 Å². The minimum absolute atomic E-state index is 0.118. The molecule has 2 rings (SSSR count). The smallest absolute Gasteiger partial charge is 0.335 e. The first-order chi connectivity index (χ1) is 8.61. The van der Waals surface area contributed by atoms with E-state index in [2.05, 4.69) is 5.32 Å². The maximum atomic E-state index is 12.3. The summed E-state index contributed by atoms with van der Waals surface area (Å²) < 4.78 is 0. The Balaban J connectivity index is 2.39. The van der Waals surface area contributed by atoms with E-state index in [1.165, 1.54) is 17.8 Å². The number of benzene rings is 1. The number of allylic oxidation sites excluding steroid dienone is 1. The zero-order valence-electron chi connectivity index (χ0n) is 9.90. The quantitative estimate of drug-likeness (QED) is 0.817. The van der Waals surface area contributed by atoms with Gasteiger partial charge in [-0.05, 0) is 18.6 Å². The van der Waals surface area contributed by atoms with Crippen LogP contribution in [0.4, 0.5) is 0 Å². The molecule has 1 aromatic carbocycles. The standard InChI is InChI=1S/C13H13NO3S/c1-8-9(3-2-4-10(8)13(16)17)12(15)11-7-14-5-6-18-11/h2-4,7,14H,5-6H2,1H3,(H,16,17). The fraction of sp³-hybridized carbons (Fsp3) is 0.231. The second-order valence-corrected chi connectivity index (χ2v) is 5.06. The Morgan fingerprint density at radius 2 is 2.06 bits per heavy atom. The van der Waals surface area contributed by atoms with Crippen LogP contribution in [0.5, 0.6) is 0 Å². The number of rotatable bonds is 3. The van der Waals surface area contributed by atoms with Gasteiger partial charge in [0.25, 0.3) is 0 Å². The predicted octanol–water partition coefficient (Wildman–Crippen LogP) is 2.05. The number of carbonyl (C=O) groups is 2. The number of hydrogen-bond donors (Lipinski definition) is 2. The highest BCUT2D eigenvalue weighted by molar-refractivity contribution is 8.04. The van der Waals surface area contributed by atoms with Gasteiger partial charge in [0.05, 0.1) is 10.5 Å². The van der Waals surface area contributed by atoms with Gasteiger partial charge in [0.2, 0.25) is 5.78 Å². The van der Waals surface area contributed by atoms with Crippen LogP contribution in [0, 0.1) is 6.92 Å². The minimum Gasteiger partial charge on any atom is -0.478 e. The summed E-state index contributed by atoms with van der Waals surface area (Å²) in [6.45, 7) is 2.51. The molecule has 4 nitrogen and oxygen atoms in total. The monoisotopic (exact) mass is 263 g/mol. The van der Waals surface area contributed by atoms with Crippen LogP contribution < -0.4 is 5.32 Å². The molecular weight excluding hydrogens is 250 g/mol. The van der Waals surface area contributed by atoms with Crippen LogP contribution in [0.2, 0.25) is 0 Å². The van der Waals surface area contributed by atoms with Gasteiger partial charge in [-0.3, -0.25) is 4.79 Å². The Bertz CT molecular complexity index is 537. The lowest BCUT2D eigenvalue weighted by molar-refractivity contribution is 0.0696. The van der Waals surface area contributed by atoms with Crippen molar-refractivity contribution in [2.75, 3.05) is 12.3 Å². The van der Waals surface area contributed by atoms with E-state index < -0.39 is 5.97 Å². The zero-order chi connectivity index (χ0) is 13.1. The molecule has 2 N–H and O–H groups in total. The van der Waals surface area contributed by atoms with E-state index in [0.29, 0.717) is 16.0 Å². The molecule has 0 amide bonds. The number of carbonyl (C=O) groups excluding carboxylic acids is 1. The summed E-state index contributed by atoms with van der Waals surface area (Å²) >= 11 is 1.49. The molecule has 1 aliphatic heterocycles. The lowest BCUT2D eigenvalue weighted by atomic mass is 9.99. The lowest BCUT2D eigenvalue weighted by Gasteiger charge is -2.14. The number of nitrogens with one attached hydrogen (secondary N) is 1. The Kier molecular flexibility index (Phi) is 3.72. The Morgan fingerprint density at radius 1 is 1.33 bits per heavy atom. The predicted molar refractivity (Wildman–Crippen MR) is 71.0 cm³/mol. The zero-order valence-corrected chi connectivity index (χ0v) is 10.7. The molecule has 0 spiro atoms. The fourth-order valence-electron chi connectivity index (χ4n) is 1.80. The van der Waals surface area contributed by atoms with Crippen molar-refractivity contribution < 1.29 is 14.7 Å². The summed E-state index contributed by atoms with van der Waals surface area (Å²) in [4.78, 5) is 23.9. The molecule has 94 valence electrons. The molecular formula is C13H13NO3S. The van der Waals surface area contributed by atoms with E-state index in [9.17, 15) is 9.59 Å². The molecule has 0 fully saturated rings. The van der Waals surface area contributed by atoms with Crippen molar-refractivity contribution in [1.29, 1.82) is 0 Å². The third-order valence-electron chi connectivity index (χ3n) is 2.77. The van der Waals surface area contributed by atoms with Crippen LogP contribution in [0.25, 0.3) is 0 Å². The number of carboxylic acid groups (broad SMARTS) is 1. The van der Waals surface area contributed by atoms with Gasteiger partial charge in [0.1, 0.15) is 0 Å². The molecule has 0 saturated carbocycles. The largest absolute Gasteiger partial charge is 0.478 e. The molecule has 1 aromatic rings. The van der Waals surface area contributed by atoms with Gasteiger partial charge in [-0.15, -0.1) is 11.8 Å². The van der Waals surface area contributed by atoms with Crippen molar-refractivity contribution in [2.45, 2.75) is 6.92 Å². The van der Waals surface area contributed by atoms with Crippen LogP contribution >= 0.6 is 11.8 Å². The Labute approximate surface area is 109 Å². The second kappa shape index (κ2) is 5.27. The van der Waals surface area contributed by atoms with Gasteiger partial charge in [0, 0.05) is 24.1 Å². The SMILES string of the molecule is Cc1c(C(=O)O)cccc1C(=O)C1=CNCCS1. The van der Waals surface area contributed by atoms with Gasteiger partial charge >= 0.3 is 5.97 Å². The van der Waals surface area contributed by atoms with Crippen LogP contribution in [-0.4, -0.2) is 29.2 Å². The number of ketones is 1. The molecule has 0 unspecified atom stereocenters. The van der Waals surface area contributed by atoms with Gasteiger partial charge in [-0.1, -0.05) is 12.1 Å². The number of Topliss-reactive ketones (excluding diaryl/α,β-unsaturated/α-hetero) is 1. The summed E-state index contributed by atoms with van der Waals surface area (Å²) in [5.41, 5.74) is 1.15. The van der Waals surface area contributed by atoms with Crippen LogP contribution in [0.15, 0.2) is 29.3 Å². The first-order valence-corrected chi connectivity index (χ1v) is 6.54. The maximum Gasteiger partial charge on any atom is 0.335 e. The maximum absolute atomic E-state index is 12.3. The summed E-state index contributed by atoms with van der Waals surface area (Å²) in [7, 11) is 0. The highest BCUT2D eigenvalue weighted by atomic mass is 32.2. The number of aromatic carboxylic acids is 1. The van der Waals surface area contributed by atoms with E-state index in [0.717, 1.165) is 12.3 Å². The van der Waals surface area contributed by atoms with Crippen molar-refractivity contribution in [3.05, 3.63) is 46.0 Å². The van der Waals surface area contributed by atoms with Crippen molar-refractivity contribution in [3.8, 4) is 0 Å². The average molecular weight is 263 g/mol. The topological polar surface area (TPSA) is 66.4 Å². The average Bonchev–Trinajstić information content (AvgIpc) is 2.39.